The van der Waals surface area contributed by atoms with Crippen LogP contribution in [0.15, 0.2) is 12.1 Å². The molecule has 0 aliphatic heterocycles. The van der Waals surface area contributed by atoms with E-state index in [-0.39, 0.29) is 5.54 Å². The Bertz CT molecular complexity index is 332. The summed E-state index contributed by atoms with van der Waals surface area (Å²) in [6, 6.07) is 3.94. The highest BCUT2D eigenvalue weighted by atomic mass is 35.5. The van der Waals surface area contributed by atoms with Crippen LogP contribution in [0.1, 0.15) is 24.1 Å². The molecule has 0 aromatic carbocycles. The normalized spacial score (nSPS) is 18.7. The molecule has 70 valence electrons. The average molecular weight is 197 g/mol. The minimum atomic E-state index is 0.196. The van der Waals surface area contributed by atoms with Crippen LogP contribution in [0, 0.1) is 6.92 Å². The van der Waals surface area contributed by atoms with Gasteiger partial charge in [0, 0.05) is 11.2 Å². The summed E-state index contributed by atoms with van der Waals surface area (Å²) in [5, 5.41) is 3.92. The molecule has 1 aliphatic carbocycles. The highest BCUT2D eigenvalue weighted by Gasteiger charge is 2.43. The van der Waals surface area contributed by atoms with Gasteiger partial charge in [0.15, 0.2) is 0 Å². The quantitative estimate of drug-likeness (QED) is 0.734. The first-order valence-electron chi connectivity index (χ1n) is 4.50. The number of aryl methyl sites for hydroxylation is 1. The van der Waals surface area contributed by atoms with Gasteiger partial charge in [0.2, 0.25) is 0 Å². The maximum Gasteiger partial charge on any atom is 0.129 e. The van der Waals surface area contributed by atoms with Gasteiger partial charge in [-0.25, -0.2) is 4.98 Å². The molecule has 1 N–H and O–H groups in total. The minimum absolute atomic E-state index is 0.196. The smallest absolute Gasteiger partial charge is 0.129 e. The number of hydrogen-bond donors (Lipinski definition) is 1. The van der Waals surface area contributed by atoms with Gasteiger partial charge < -0.3 is 5.32 Å². The number of aromatic nitrogens is 1. The van der Waals surface area contributed by atoms with Crippen molar-refractivity contribution in [3.05, 3.63) is 28.5 Å². The summed E-state index contributed by atoms with van der Waals surface area (Å²) in [7, 11) is 2.00. The van der Waals surface area contributed by atoms with Crippen LogP contribution in [0.2, 0.25) is 5.15 Å². The summed E-state index contributed by atoms with van der Waals surface area (Å²) in [4.78, 5) is 4.25. The zero-order chi connectivity index (χ0) is 9.47. The highest BCUT2D eigenvalue weighted by molar-refractivity contribution is 6.29. The largest absolute Gasteiger partial charge is 0.310 e. The second kappa shape index (κ2) is 2.96. The van der Waals surface area contributed by atoms with Crippen molar-refractivity contribution in [3.8, 4) is 0 Å². The van der Waals surface area contributed by atoms with Crippen molar-refractivity contribution in [1.82, 2.24) is 10.3 Å². The van der Waals surface area contributed by atoms with Crippen LogP contribution in [0.4, 0.5) is 0 Å². The Balaban J connectivity index is 2.41. The summed E-state index contributed by atoms with van der Waals surface area (Å²) >= 11 is 5.80. The number of nitrogens with zero attached hydrogens (tertiary/aromatic N) is 1. The van der Waals surface area contributed by atoms with Gasteiger partial charge in [-0.3, -0.25) is 0 Å². The highest BCUT2D eigenvalue weighted by Crippen LogP contribution is 2.46. The second-order valence-corrected chi connectivity index (χ2v) is 3.99. The number of halogens is 1. The van der Waals surface area contributed by atoms with Gasteiger partial charge in [-0.2, -0.15) is 0 Å². The maximum atomic E-state index is 5.80. The molecule has 1 aromatic rings. The molecule has 1 heterocycles. The first kappa shape index (κ1) is 8.97. The van der Waals surface area contributed by atoms with Crippen LogP contribution in [-0.2, 0) is 5.54 Å². The summed E-state index contributed by atoms with van der Waals surface area (Å²) in [5.74, 6) is 0. The Morgan fingerprint density at radius 3 is 2.62 bits per heavy atom. The van der Waals surface area contributed by atoms with E-state index in [4.69, 9.17) is 11.6 Å². The van der Waals surface area contributed by atoms with Gasteiger partial charge in [0.1, 0.15) is 5.15 Å². The molecule has 0 spiro atoms. The van der Waals surface area contributed by atoms with Gasteiger partial charge >= 0.3 is 0 Å². The van der Waals surface area contributed by atoms with Crippen LogP contribution in [0.5, 0.6) is 0 Å². The predicted octanol–water partition coefficient (Wildman–Crippen LogP) is 2.25. The first-order chi connectivity index (χ1) is 6.18. The predicted molar refractivity (Wildman–Crippen MR) is 54.0 cm³/mol. The SMILES string of the molecule is CNC1(c2ccc(Cl)nc2C)CC1. The van der Waals surface area contributed by atoms with Crippen molar-refractivity contribution in [2.75, 3.05) is 7.05 Å². The molecule has 0 amide bonds. The maximum absolute atomic E-state index is 5.80. The molecular formula is C10H13ClN2. The van der Waals surface area contributed by atoms with Crippen molar-refractivity contribution >= 4 is 11.6 Å². The molecule has 0 bridgehead atoms. The van der Waals surface area contributed by atoms with Gasteiger partial charge in [-0.15, -0.1) is 0 Å². The van der Waals surface area contributed by atoms with E-state index in [9.17, 15) is 0 Å². The lowest BCUT2D eigenvalue weighted by Crippen LogP contribution is -2.25. The molecular weight excluding hydrogens is 184 g/mol. The topological polar surface area (TPSA) is 24.9 Å². The molecule has 0 radical (unpaired) electrons. The number of rotatable bonds is 2. The molecule has 3 heteroatoms. The Labute approximate surface area is 83.3 Å². The Morgan fingerprint density at radius 1 is 1.46 bits per heavy atom. The molecule has 13 heavy (non-hydrogen) atoms. The van der Waals surface area contributed by atoms with Crippen molar-refractivity contribution in [2.24, 2.45) is 0 Å². The van der Waals surface area contributed by atoms with Crippen molar-refractivity contribution in [1.29, 1.82) is 0 Å². The van der Waals surface area contributed by atoms with Gasteiger partial charge in [-0.1, -0.05) is 17.7 Å². The number of pyridine rings is 1. The third-order valence-electron chi connectivity index (χ3n) is 2.80. The Kier molecular flexibility index (Phi) is 2.05. The van der Waals surface area contributed by atoms with E-state index in [1.54, 1.807) is 0 Å². The first-order valence-corrected chi connectivity index (χ1v) is 4.88. The third-order valence-corrected chi connectivity index (χ3v) is 3.01. The molecule has 1 fully saturated rings. The fraction of sp³-hybridized carbons (Fsp3) is 0.500. The van der Waals surface area contributed by atoms with E-state index < -0.39 is 0 Å². The zero-order valence-corrected chi connectivity index (χ0v) is 8.65. The minimum Gasteiger partial charge on any atom is -0.310 e. The fourth-order valence-electron chi connectivity index (χ4n) is 1.82. The van der Waals surface area contributed by atoms with Crippen molar-refractivity contribution < 1.29 is 0 Å². The van der Waals surface area contributed by atoms with Crippen molar-refractivity contribution in [2.45, 2.75) is 25.3 Å². The van der Waals surface area contributed by atoms with Crippen LogP contribution in [0.25, 0.3) is 0 Å². The monoisotopic (exact) mass is 196 g/mol. The van der Waals surface area contributed by atoms with Gasteiger partial charge in [0.25, 0.3) is 0 Å². The van der Waals surface area contributed by atoms with Crippen LogP contribution in [0.3, 0.4) is 0 Å². The summed E-state index contributed by atoms with van der Waals surface area (Å²) in [6.07, 6.45) is 2.40. The lowest BCUT2D eigenvalue weighted by atomic mass is 10.0. The van der Waals surface area contributed by atoms with E-state index >= 15 is 0 Å². The van der Waals surface area contributed by atoms with E-state index in [0.29, 0.717) is 5.15 Å². The third kappa shape index (κ3) is 1.45. The zero-order valence-electron chi connectivity index (χ0n) is 7.89. The summed E-state index contributed by atoms with van der Waals surface area (Å²) in [5.41, 5.74) is 2.53. The summed E-state index contributed by atoms with van der Waals surface area (Å²) in [6.45, 7) is 2.01. The van der Waals surface area contributed by atoms with E-state index in [1.165, 1.54) is 18.4 Å². The van der Waals surface area contributed by atoms with Crippen molar-refractivity contribution in [3.63, 3.8) is 0 Å². The van der Waals surface area contributed by atoms with Gasteiger partial charge in [0.05, 0.1) is 0 Å². The number of hydrogen-bond acceptors (Lipinski definition) is 2. The molecule has 0 saturated heterocycles. The second-order valence-electron chi connectivity index (χ2n) is 3.60. The van der Waals surface area contributed by atoms with Crippen LogP contribution >= 0.6 is 11.6 Å². The number of nitrogens with one attached hydrogen (secondary N) is 1. The molecule has 0 unspecified atom stereocenters. The molecule has 2 rings (SSSR count). The molecule has 1 aliphatic rings. The van der Waals surface area contributed by atoms with E-state index in [0.717, 1.165) is 5.69 Å². The lowest BCUT2D eigenvalue weighted by molar-refractivity contribution is 0.579. The van der Waals surface area contributed by atoms with Gasteiger partial charge in [-0.05, 0) is 38.4 Å². The van der Waals surface area contributed by atoms with E-state index in [1.807, 2.05) is 20.0 Å². The molecule has 1 aromatic heterocycles. The van der Waals surface area contributed by atoms with E-state index in [2.05, 4.69) is 16.4 Å². The Hall–Kier alpha value is -0.600. The standard InChI is InChI=1S/C10H13ClN2/c1-7-8(3-4-9(11)13-7)10(12-2)5-6-10/h3-4,12H,5-6H2,1-2H3. The van der Waals surface area contributed by atoms with Crippen LogP contribution < -0.4 is 5.32 Å². The Morgan fingerprint density at radius 2 is 2.15 bits per heavy atom. The van der Waals surface area contributed by atoms with Crippen LogP contribution in [-0.4, -0.2) is 12.0 Å². The molecule has 1 saturated carbocycles. The molecule has 0 atom stereocenters. The lowest BCUT2D eigenvalue weighted by Gasteiger charge is -2.16. The fourth-order valence-corrected chi connectivity index (χ4v) is 2.00. The summed E-state index contributed by atoms with van der Waals surface area (Å²) < 4.78 is 0. The average Bonchev–Trinajstić information content (AvgIpc) is 2.85. The molecule has 2 nitrogen and oxygen atoms in total.